The number of aliphatic hydroxyl groups excluding tert-OH is 1. The number of anilines is 1. The van der Waals surface area contributed by atoms with Gasteiger partial charge in [-0.3, -0.25) is 4.79 Å². The Hall–Kier alpha value is -2.21. The largest absolute Gasteiger partial charge is 0.459 e. The molecular formula is C19H16ClNO3S. The highest BCUT2D eigenvalue weighted by molar-refractivity contribution is 8.00. The lowest BCUT2D eigenvalue weighted by atomic mass is 10.1. The summed E-state index contributed by atoms with van der Waals surface area (Å²) in [6.07, 6.45) is 0. The van der Waals surface area contributed by atoms with Crippen molar-refractivity contribution in [2.75, 3.05) is 11.1 Å². The molecule has 3 aromatic rings. The van der Waals surface area contributed by atoms with E-state index in [0.29, 0.717) is 28.0 Å². The van der Waals surface area contributed by atoms with Crippen LogP contribution in [-0.4, -0.2) is 16.8 Å². The Bertz CT molecular complexity index is 861. The van der Waals surface area contributed by atoms with E-state index >= 15 is 0 Å². The molecule has 0 saturated heterocycles. The third kappa shape index (κ3) is 4.89. The van der Waals surface area contributed by atoms with Crippen molar-refractivity contribution >= 4 is 35.0 Å². The van der Waals surface area contributed by atoms with Crippen LogP contribution in [0.5, 0.6) is 0 Å². The number of furan rings is 1. The molecule has 0 saturated carbocycles. The molecule has 1 amide bonds. The Labute approximate surface area is 154 Å². The number of thioether (sulfide) groups is 1. The molecule has 3 rings (SSSR count). The molecule has 1 heterocycles. The predicted molar refractivity (Wildman–Crippen MR) is 101 cm³/mol. The highest BCUT2D eigenvalue weighted by atomic mass is 35.5. The second kappa shape index (κ2) is 8.25. The molecule has 6 heteroatoms. The van der Waals surface area contributed by atoms with E-state index in [9.17, 15) is 4.79 Å². The monoisotopic (exact) mass is 373 g/mol. The van der Waals surface area contributed by atoms with Gasteiger partial charge in [-0.05, 0) is 48.5 Å². The Morgan fingerprint density at radius 2 is 1.92 bits per heavy atom. The summed E-state index contributed by atoms with van der Waals surface area (Å²) < 4.78 is 5.52. The molecular weight excluding hydrogens is 358 g/mol. The fourth-order valence-electron chi connectivity index (χ4n) is 2.25. The number of halogens is 1. The van der Waals surface area contributed by atoms with Gasteiger partial charge in [0.05, 0.1) is 5.75 Å². The van der Waals surface area contributed by atoms with Crippen LogP contribution in [0.2, 0.25) is 5.02 Å². The van der Waals surface area contributed by atoms with Crippen molar-refractivity contribution in [3.05, 3.63) is 71.4 Å². The Balaban J connectivity index is 1.61. The summed E-state index contributed by atoms with van der Waals surface area (Å²) in [6, 6.07) is 18.3. The number of hydrogen-bond acceptors (Lipinski definition) is 4. The van der Waals surface area contributed by atoms with Gasteiger partial charge in [-0.15, -0.1) is 11.8 Å². The number of aliphatic hydroxyl groups is 1. The predicted octanol–water partition coefficient (Wildman–Crippen LogP) is 4.82. The SMILES string of the molecule is O=C(CSc1ccc(Cl)cc1)Nc1cccc(-c2ccc(CO)o2)c1. The molecule has 4 nitrogen and oxygen atoms in total. The van der Waals surface area contributed by atoms with Crippen LogP contribution in [0, 0.1) is 0 Å². The van der Waals surface area contributed by atoms with E-state index in [1.807, 2.05) is 36.4 Å². The van der Waals surface area contributed by atoms with Crippen LogP contribution >= 0.6 is 23.4 Å². The minimum Gasteiger partial charge on any atom is -0.459 e. The molecule has 0 unspecified atom stereocenters. The van der Waals surface area contributed by atoms with E-state index in [-0.39, 0.29) is 12.5 Å². The fourth-order valence-corrected chi connectivity index (χ4v) is 3.07. The zero-order valence-electron chi connectivity index (χ0n) is 13.2. The van der Waals surface area contributed by atoms with Crippen molar-refractivity contribution in [2.24, 2.45) is 0 Å². The van der Waals surface area contributed by atoms with Gasteiger partial charge in [0.15, 0.2) is 0 Å². The molecule has 25 heavy (non-hydrogen) atoms. The van der Waals surface area contributed by atoms with E-state index in [2.05, 4.69) is 5.32 Å². The Kier molecular flexibility index (Phi) is 5.81. The molecule has 0 atom stereocenters. The van der Waals surface area contributed by atoms with Gasteiger partial charge in [-0.2, -0.15) is 0 Å². The summed E-state index contributed by atoms with van der Waals surface area (Å²) in [7, 11) is 0. The first-order valence-corrected chi connectivity index (χ1v) is 8.98. The maximum Gasteiger partial charge on any atom is 0.234 e. The van der Waals surface area contributed by atoms with Gasteiger partial charge in [0.2, 0.25) is 5.91 Å². The average molecular weight is 374 g/mol. The molecule has 128 valence electrons. The van der Waals surface area contributed by atoms with Crippen LogP contribution in [0.1, 0.15) is 5.76 Å². The average Bonchev–Trinajstić information content (AvgIpc) is 3.11. The standard InChI is InChI=1S/C19H16ClNO3S/c20-14-4-7-17(8-5-14)25-12-19(23)21-15-3-1-2-13(10-15)18-9-6-16(11-22)24-18/h1-10,22H,11-12H2,(H,21,23). The van der Waals surface area contributed by atoms with Gasteiger partial charge in [0, 0.05) is 21.2 Å². The van der Waals surface area contributed by atoms with Crippen LogP contribution in [-0.2, 0) is 11.4 Å². The number of hydrogen-bond donors (Lipinski definition) is 2. The van der Waals surface area contributed by atoms with Gasteiger partial charge in [-0.1, -0.05) is 23.7 Å². The van der Waals surface area contributed by atoms with Crippen molar-refractivity contribution in [2.45, 2.75) is 11.5 Å². The number of rotatable bonds is 6. The molecule has 0 bridgehead atoms. The number of carbonyl (C=O) groups is 1. The zero-order valence-corrected chi connectivity index (χ0v) is 14.8. The molecule has 0 aliphatic heterocycles. The lowest BCUT2D eigenvalue weighted by Crippen LogP contribution is -2.13. The molecule has 2 aromatic carbocycles. The smallest absolute Gasteiger partial charge is 0.234 e. The number of carbonyl (C=O) groups excluding carboxylic acids is 1. The van der Waals surface area contributed by atoms with Crippen LogP contribution in [0.25, 0.3) is 11.3 Å². The van der Waals surface area contributed by atoms with Crippen LogP contribution < -0.4 is 5.32 Å². The minimum absolute atomic E-state index is 0.0902. The number of nitrogens with one attached hydrogen (secondary N) is 1. The highest BCUT2D eigenvalue weighted by Gasteiger charge is 2.08. The van der Waals surface area contributed by atoms with Gasteiger partial charge >= 0.3 is 0 Å². The number of benzene rings is 2. The summed E-state index contributed by atoms with van der Waals surface area (Å²) in [4.78, 5) is 13.1. The minimum atomic E-state index is -0.141. The van der Waals surface area contributed by atoms with Crippen molar-refractivity contribution in [3.8, 4) is 11.3 Å². The maximum absolute atomic E-state index is 12.1. The molecule has 0 radical (unpaired) electrons. The summed E-state index contributed by atoms with van der Waals surface area (Å²) in [6.45, 7) is -0.141. The first-order chi connectivity index (χ1) is 12.1. The lowest BCUT2D eigenvalue weighted by molar-refractivity contribution is -0.113. The van der Waals surface area contributed by atoms with Gasteiger partial charge in [0.25, 0.3) is 0 Å². The summed E-state index contributed by atoms with van der Waals surface area (Å²) in [5, 5.41) is 12.6. The van der Waals surface area contributed by atoms with Crippen LogP contribution in [0.4, 0.5) is 5.69 Å². The fraction of sp³-hybridized carbons (Fsp3) is 0.105. The molecule has 0 fully saturated rings. The third-order valence-corrected chi connectivity index (χ3v) is 4.70. The molecule has 0 aliphatic rings. The summed E-state index contributed by atoms with van der Waals surface area (Å²) >= 11 is 7.29. The van der Waals surface area contributed by atoms with Crippen molar-refractivity contribution in [3.63, 3.8) is 0 Å². The van der Waals surface area contributed by atoms with Crippen LogP contribution in [0.3, 0.4) is 0 Å². The normalized spacial score (nSPS) is 10.6. The Morgan fingerprint density at radius 3 is 2.64 bits per heavy atom. The van der Waals surface area contributed by atoms with Crippen molar-refractivity contribution < 1.29 is 14.3 Å². The van der Waals surface area contributed by atoms with E-state index < -0.39 is 0 Å². The zero-order chi connectivity index (χ0) is 17.6. The second-order valence-corrected chi connectivity index (χ2v) is 6.78. The van der Waals surface area contributed by atoms with Gasteiger partial charge in [-0.25, -0.2) is 0 Å². The maximum atomic E-state index is 12.1. The molecule has 2 N–H and O–H groups in total. The second-order valence-electron chi connectivity index (χ2n) is 5.30. The van der Waals surface area contributed by atoms with Crippen molar-refractivity contribution in [1.29, 1.82) is 0 Å². The Morgan fingerprint density at radius 1 is 1.12 bits per heavy atom. The highest BCUT2D eigenvalue weighted by Crippen LogP contribution is 2.25. The number of amides is 1. The van der Waals surface area contributed by atoms with E-state index in [1.165, 1.54) is 11.8 Å². The summed E-state index contributed by atoms with van der Waals surface area (Å²) in [5.41, 5.74) is 1.53. The van der Waals surface area contributed by atoms with Gasteiger partial charge < -0.3 is 14.8 Å². The topological polar surface area (TPSA) is 62.5 Å². The van der Waals surface area contributed by atoms with E-state index in [0.717, 1.165) is 10.5 Å². The molecule has 0 spiro atoms. The van der Waals surface area contributed by atoms with Crippen molar-refractivity contribution in [1.82, 2.24) is 0 Å². The molecule has 1 aromatic heterocycles. The molecule has 0 aliphatic carbocycles. The third-order valence-electron chi connectivity index (χ3n) is 3.43. The first kappa shape index (κ1) is 17.6. The lowest BCUT2D eigenvalue weighted by Gasteiger charge is -2.07. The first-order valence-electron chi connectivity index (χ1n) is 7.62. The van der Waals surface area contributed by atoms with E-state index in [4.69, 9.17) is 21.1 Å². The van der Waals surface area contributed by atoms with Crippen LogP contribution in [0.15, 0.2) is 70.0 Å². The van der Waals surface area contributed by atoms with Gasteiger partial charge in [0.1, 0.15) is 18.1 Å². The van der Waals surface area contributed by atoms with E-state index in [1.54, 1.807) is 24.3 Å². The quantitative estimate of drug-likeness (QED) is 0.608. The summed E-state index contributed by atoms with van der Waals surface area (Å²) in [5.74, 6) is 1.37.